The third-order valence-electron chi connectivity index (χ3n) is 5.50. The molecule has 1 heterocycles. The van der Waals surface area contributed by atoms with Gasteiger partial charge in [-0.1, -0.05) is 0 Å². The average molecular weight is 440 g/mol. The van der Waals surface area contributed by atoms with Gasteiger partial charge in [-0.25, -0.2) is 4.98 Å². The molecule has 142 valence electrons. The standard InChI is InChI=1S/C15H20B4BrF3N2O2/c1-12(26)4-7(5-12)25-6-24-10-3-8(27-15(18,19)14(16,17)20)2-9(11(10)25)13(21,22)23/h2-3,6-7,26H,4-5,16-19H2,1H3/t7-,12+. The Morgan fingerprint density at radius 2 is 1.85 bits per heavy atom. The number of benzene rings is 1. The van der Waals surface area contributed by atoms with E-state index in [-0.39, 0.29) is 22.8 Å². The first-order valence-electron chi connectivity index (χ1n) is 8.79. The fraction of sp³-hybridized carbons (Fsp3) is 0.533. The Hall–Kier alpha value is -1.02. The van der Waals surface area contributed by atoms with Crippen molar-refractivity contribution in [3.05, 3.63) is 24.0 Å². The summed E-state index contributed by atoms with van der Waals surface area (Å²) in [5.41, 5.74) is -1.35. The highest BCUT2D eigenvalue weighted by atomic mass is 79.9. The molecule has 0 bridgehead atoms. The maximum absolute atomic E-state index is 13.8. The fourth-order valence-electron chi connectivity index (χ4n) is 3.27. The Bertz CT molecular complexity index is 872. The van der Waals surface area contributed by atoms with Gasteiger partial charge >= 0.3 is 6.18 Å². The summed E-state index contributed by atoms with van der Waals surface area (Å²) in [5, 5.41) is 9.20. The molecule has 1 aromatic carbocycles. The van der Waals surface area contributed by atoms with E-state index < -0.39 is 26.9 Å². The number of fused-ring (bicyclic) bond motifs is 1. The van der Waals surface area contributed by atoms with E-state index in [9.17, 15) is 18.3 Å². The van der Waals surface area contributed by atoms with Gasteiger partial charge in [0, 0.05) is 17.5 Å². The zero-order chi connectivity index (χ0) is 20.4. The van der Waals surface area contributed by atoms with Crippen molar-refractivity contribution >= 4 is 58.3 Å². The molecule has 1 fully saturated rings. The smallest absolute Gasteiger partial charge is 0.418 e. The number of halogens is 4. The molecular formula is C15H20B4BrF3N2O2. The van der Waals surface area contributed by atoms with Crippen LogP contribution in [0.25, 0.3) is 11.0 Å². The van der Waals surface area contributed by atoms with E-state index in [0.29, 0.717) is 12.8 Å². The zero-order valence-corrected chi connectivity index (χ0v) is 17.6. The summed E-state index contributed by atoms with van der Waals surface area (Å²) in [4.78, 5) is 4.19. The summed E-state index contributed by atoms with van der Waals surface area (Å²) in [6.45, 7) is 1.68. The van der Waals surface area contributed by atoms with Crippen molar-refractivity contribution in [2.75, 3.05) is 0 Å². The highest BCUT2D eigenvalue weighted by molar-refractivity contribution is 9.11. The first-order chi connectivity index (χ1) is 12.1. The van der Waals surface area contributed by atoms with Gasteiger partial charge in [-0.2, -0.15) is 13.2 Å². The zero-order valence-electron chi connectivity index (χ0n) is 16.0. The summed E-state index contributed by atoms with van der Waals surface area (Å²) in [5.74, 6) is 0.123. The van der Waals surface area contributed by atoms with Crippen molar-refractivity contribution in [2.24, 2.45) is 0 Å². The number of rotatable bonds is 4. The van der Waals surface area contributed by atoms with Gasteiger partial charge in [0.15, 0.2) is 0 Å². The highest BCUT2D eigenvalue weighted by Gasteiger charge is 2.43. The number of nitrogens with zero attached hydrogens (tertiary/aromatic N) is 2. The molecule has 1 aliphatic rings. The van der Waals surface area contributed by atoms with E-state index in [1.807, 2.05) is 31.4 Å². The molecule has 12 heteroatoms. The van der Waals surface area contributed by atoms with Gasteiger partial charge in [0.25, 0.3) is 0 Å². The molecule has 0 saturated heterocycles. The van der Waals surface area contributed by atoms with Crippen LogP contribution < -0.4 is 4.74 Å². The molecule has 2 aromatic rings. The number of hydrogen-bond acceptors (Lipinski definition) is 3. The molecule has 0 aliphatic heterocycles. The summed E-state index contributed by atoms with van der Waals surface area (Å²) < 4.78 is 48.4. The predicted molar refractivity (Wildman–Crippen MR) is 113 cm³/mol. The summed E-state index contributed by atoms with van der Waals surface area (Å²) in [7, 11) is 7.42. The Kier molecular flexibility index (Phi) is 4.79. The molecular weight excluding hydrogens is 420 g/mol. The van der Waals surface area contributed by atoms with Crippen molar-refractivity contribution in [3.8, 4) is 5.75 Å². The Labute approximate surface area is 168 Å². The number of alkyl halides is 4. The number of ether oxygens (including phenoxy) is 1. The van der Waals surface area contributed by atoms with E-state index in [1.165, 1.54) is 10.9 Å². The number of hydrogen-bond donors (Lipinski definition) is 1. The van der Waals surface area contributed by atoms with Gasteiger partial charge in [-0.05, 0) is 30.0 Å². The van der Waals surface area contributed by atoms with Gasteiger partial charge < -0.3 is 14.4 Å². The maximum atomic E-state index is 13.8. The first-order valence-corrected chi connectivity index (χ1v) is 9.58. The second-order valence-corrected chi connectivity index (χ2v) is 10.6. The number of imidazole rings is 1. The molecule has 3 rings (SSSR count). The number of aliphatic hydroxyl groups is 1. The van der Waals surface area contributed by atoms with Crippen molar-refractivity contribution in [3.63, 3.8) is 0 Å². The Morgan fingerprint density at radius 3 is 2.33 bits per heavy atom. The number of aromatic nitrogens is 2. The van der Waals surface area contributed by atoms with Gasteiger partial charge in [0.1, 0.15) is 37.1 Å². The van der Waals surface area contributed by atoms with Crippen LogP contribution in [0.1, 0.15) is 31.4 Å². The lowest BCUT2D eigenvalue weighted by molar-refractivity contribution is -0.136. The van der Waals surface area contributed by atoms with Gasteiger partial charge in [-0.15, -0.1) is 15.9 Å². The molecule has 1 saturated carbocycles. The van der Waals surface area contributed by atoms with Crippen molar-refractivity contribution in [2.45, 2.75) is 47.1 Å². The lowest BCUT2D eigenvalue weighted by atomic mass is 9.45. The van der Waals surface area contributed by atoms with Crippen molar-refractivity contribution in [1.82, 2.24) is 9.55 Å². The van der Waals surface area contributed by atoms with Crippen LogP contribution in [0.5, 0.6) is 5.75 Å². The molecule has 1 aromatic heterocycles. The van der Waals surface area contributed by atoms with E-state index in [1.54, 1.807) is 13.0 Å². The van der Waals surface area contributed by atoms with Gasteiger partial charge in [0.05, 0.1) is 28.5 Å². The maximum Gasteiger partial charge on any atom is 0.418 e. The minimum absolute atomic E-state index is 0.0336. The predicted octanol–water partition coefficient (Wildman–Crippen LogP) is -0.245. The normalized spacial score (nSPS) is 24.0. The third kappa shape index (κ3) is 3.92. The lowest BCUT2D eigenvalue weighted by Gasteiger charge is -2.42. The van der Waals surface area contributed by atoms with E-state index in [4.69, 9.17) is 4.74 Å². The Balaban J connectivity index is 2.08. The van der Waals surface area contributed by atoms with Crippen LogP contribution in [0, 0.1) is 0 Å². The van der Waals surface area contributed by atoms with Crippen molar-refractivity contribution in [1.29, 1.82) is 0 Å². The monoisotopic (exact) mass is 440 g/mol. The van der Waals surface area contributed by atoms with Crippen LogP contribution in [0.2, 0.25) is 0 Å². The van der Waals surface area contributed by atoms with Gasteiger partial charge in [-0.3, -0.25) is 0 Å². The molecule has 0 spiro atoms. The second-order valence-electron chi connectivity index (χ2n) is 8.63. The second kappa shape index (κ2) is 6.24. The largest absolute Gasteiger partial charge is 0.505 e. The SMILES string of the molecule is BC(B)(Br)C(B)(B)Oc1cc(C(F)(F)F)c2c(c1)ncn2[C@H]1C[C@@](C)(O)C1. The van der Waals surface area contributed by atoms with Crippen LogP contribution in [0.3, 0.4) is 0 Å². The average Bonchev–Trinajstić information content (AvgIpc) is 2.84. The Morgan fingerprint density at radius 1 is 1.26 bits per heavy atom. The quantitative estimate of drug-likeness (QED) is 0.527. The molecule has 0 unspecified atom stereocenters. The van der Waals surface area contributed by atoms with Crippen LogP contribution in [-0.2, 0) is 6.18 Å². The topological polar surface area (TPSA) is 47.3 Å². The molecule has 1 aliphatic carbocycles. The van der Waals surface area contributed by atoms with E-state index in [2.05, 4.69) is 20.9 Å². The fourth-order valence-corrected chi connectivity index (χ4v) is 3.35. The van der Waals surface area contributed by atoms with E-state index >= 15 is 0 Å². The van der Waals surface area contributed by atoms with Crippen LogP contribution >= 0.6 is 15.9 Å². The molecule has 0 atom stereocenters. The molecule has 0 amide bonds. The molecule has 1 N–H and O–H groups in total. The summed E-state index contributed by atoms with van der Waals surface area (Å²) in [6, 6.07) is 2.38. The first kappa shape index (κ1) is 20.7. The third-order valence-corrected chi connectivity index (χ3v) is 6.45. The molecule has 27 heavy (non-hydrogen) atoms. The van der Waals surface area contributed by atoms with Gasteiger partial charge in [0.2, 0.25) is 0 Å². The van der Waals surface area contributed by atoms with Crippen molar-refractivity contribution < 1.29 is 23.0 Å². The summed E-state index contributed by atoms with van der Waals surface area (Å²) in [6.07, 6.45) is -2.32. The van der Waals surface area contributed by atoms with Crippen LogP contribution in [0.15, 0.2) is 18.5 Å². The molecule has 0 radical (unpaired) electrons. The van der Waals surface area contributed by atoms with E-state index in [0.717, 1.165) is 6.07 Å². The summed E-state index contributed by atoms with van der Waals surface area (Å²) >= 11 is 3.53. The van der Waals surface area contributed by atoms with Crippen LogP contribution in [0.4, 0.5) is 13.2 Å². The lowest BCUT2D eigenvalue weighted by Crippen LogP contribution is -2.56. The minimum atomic E-state index is -4.55. The highest BCUT2D eigenvalue weighted by Crippen LogP contribution is 2.45. The minimum Gasteiger partial charge on any atom is -0.505 e. The van der Waals surface area contributed by atoms with Crippen LogP contribution in [-0.4, -0.2) is 61.2 Å². The molecule has 4 nitrogen and oxygen atoms in total.